The van der Waals surface area contributed by atoms with Gasteiger partial charge >= 0.3 is 0 Å². The van der Waals surface area contributed by atoms with Crippen LogP contribution in [-0.2, 0) is 5.75 Å². The first-order valence-corrected chi connectivity index (χ1v) is 9.06. The Morgan fingerprint density at radius 2 is 1.88 bits per heavy atom. The Hall–Kier alpha value is -3.00. The lowest BCUT2D eigenvalue weighted by molar-refractivity contribution is 0.391. The summed E-state index contributed by atoms with van der Waals surface area (Å²) >= 11 is 1.50. The Kier molecular flexibility index (Phi) is 4.49. The molecule has 4 aromatic rings. The number of hydrogen-bond donors (Lipinski definition) is 0. The summed E-state index contributed by atoms with van der Waals surface area (Å²) in [6.45, 7) is 3.94. The molecule has 0 aliphatic carbocycles. The summed E-state index contributed by atoms with van der Waals surface area (Å²) in [6.07, 6.45) is 0. The van der Waals surface area contributed by atoms with Gasteiger partial charge in [-0.1, -0.05) is 47.3 Å². The lowest BCUT2D eigenvalue weighted by Gasteiger charge is -2.03. The molecule has 8 heteroatoms. The van der Waals surface area contributed by atoms with E-state index in [1.54, 1.807) is 4.68 Å². The smallest absolute Gasteiger partial charge is 0.237 e. The monoisotopic (exact) mass is 364 g/mol. The highest BCUT2D eigenvalue weighted by Gasteiger charge is 2.10. The van der Waals surface area contributed by atoms with Gasteiger partial charge < -0.3 is 4.52 Å². The maximum absolute atomic E-state index is 5.31. The van der Waals surface area contributed by atoms with Crippen LogP contribution in [0.4, 0.5) is 0 Å². The molecule has 0 unspecified atom stereocenters. The van der Waals surface area contributed by atoms with Crippen molar-refractivity contribution in [2.45, 2.75) is 24.6 Å². The summed E-state index contributed by atoms with van der Waals surface area (Å²) in [6, 6.07) is 15.6. The number of hydrogen-bond acceptors (Lipinski definition) is 7. The number of aryl methyl sites for hydroxylation is 2. The lowest BCUT2D eigenvalue weighted by Crippen LogP contribution is -2.03. The highest BCUT2D eigenvalue weighted by Crippen LogP contribution is 2.22. The number of aromatic nitrogens is 6. The molecular weight excluding hydrogens is 348 g/mol. The Balaban J connectivity index is 1.42. The van der Waals surface area contributed by atoms with Gasteiger partial charge in [-0.3, -0.25) is 0 Å². The molecule has 0 aliphatic rings. The molecule has 3 aromatic heterocycles. The predicted octanol–water partition coefficient (Wildman–Crippen LogP) is 3.62. The molecule has 0 fully saturated rings. The van der Waals surface area contributed by atoms with Crippen molar-refractivity contribution in [3.8, 4) is 17.2 Å². The van der Waals surface area contributed by atoms with Crippen molar-refractivity contribution in [2.24, 2.45) is 0 Å². The van der Waals surface area contributed by atoms with Gasteiger partial charge in [-0.2, -0.15) is 10.1 Å². The van der Waals surface area contributed by atoms with Gasteiger partial charge in [-0.15, -0.1) is 10.2 Å². The van der Waals surface area contributed by atoms with Crippen LogP contribution in [0.15, 0.2) is 58.1 Å². The first-order valence-electron chi connectivity index (χ1n) is 8.07. The van der Waals surface area contributed by atoms with Crippen molar-refractivity contribution in [1.82, 2.24) is 30.1 Å². The SMILES string of the molecule is Cc1cc(C)n(-c2ccc(SCc3nc(-c4ccccc4)no3)nn2)n1. The van der Waals surface area contributed by atoms with Crippen LogP contribution in [0.25, 0.3) is 17.2 Å². The highest BCUT2D eigenvalue weighted by atomic mass is 32.2. The fourth-order valence-corrected chi connectivity index (χ4v) is 3.17. The van der Waals surface area contributed by atoms with Crippen molar-refractivity contribution < 1.29 is 4.52 Å². The van der Waals surface area contributed by atoms with Crippen LogP contribution in [0, 0.1) is 13.8 Å². The molecule has 0 spiro atoms. The third-order valence-corrected chi connectivity index (χ3v) is 4.60. The van der Waals surface area contributed by atoms with E-state index in [0.717, 1.165) is 22.0 Å². The van der Waals surface area contributed by atoms with Crippen LogP contribution >= 0.6 is 11.8 Å². The van der Waals surface area contributed by atoms with E-state index in [1.165, 1.54) is 11.8 Å². The van der Waals surface area contributed by atoms with E-state index in [9.17, 15) is 0 Å². The highest BCUT2D eigenvalue weighted by molar-refractivity contribution is 7.98. The van der Waals surface area contributed by atoms with Crippen LogP contribution in [0.2, 0.25) is 0 Å². The zero-order chi connectivity index (χ0) is 17.9. The van der Waals surface area contributed by atoms with E-state index in [1.807, 2.05) is 62.4 Å². The molecule has 0 amide bonds. The Morgan fingerprint density at radius 1 is 1.04 bits per heavy atom. The third-order valence-electron chi connectivity index (χ3n) is 3.70. The van der Waals surface area contributed by atoms with Gasteiger partial charge in [0.25, 0.3) is 0 Å². The fraction of sp³-hybridized carbons (Fsp3) is 0.167. The molecular formula is C18H16N6OS. The van der Waals surface area contributed by atoms with Crippen molar-refractivity contribution in [3.05, 3.63) is 65.8 Å². The molecule has 0 bridgehead atoms. The van der Waals surface area contributed by atoms with E-state index >= 15 is 0 Å². The van der Waals surface area contributed by atoms with E-state index in [2.05, 4.69) is 25.4 Å². The molecule has 130 valence electrons. The molecule has 0 N–H and O–H groups in total. The van der Waals surface area contributed by atoms with E-state index < -0.39 is 0 Å². The second-order valence-corrected chi connectivity index (χ2v) is 6.73. The van der Waals surface area contributed by atoms with Crippen LogP contribution in [0.1, 0.15) is 17.3 Å². The predicted molar refractivity (Wildman–Crippen MR) is 97.9 cm³/mol. The number of nitrogens with zero attached hydrogens (tertiary/aromatic N) is 6. The molecule has 0 saturated heterocycles. The van der Waals surface area contributed by atoms with Gasteiger partial charge in [0.2, 0.25) is 11.7 Å². The Bertz CT molecular complexity index is 1010. The number of benzene rings is 1. The molecule has 0 saturated carbocycles. The minimum Gasteiger partial charge on any atom is -0.338 e. The van der Waals surface area contributed by atoms with E-state index in [4.69, 9.17) is 4.52 Å². The minimum atomic E-state index is 0.535. The largest absolute Gasteiger partial charge is 0.338 e. The van der Waals surface area contributed by atoms with Gasteiger partial charge in [0, 0.05) is 11.3 Å². The Labute approximate surface area is 154 Å². The summed E-state index contributed by atoms with van der Waals surface area (Å²) < 4.78 is 7.09. The van der Waals surface area contributed by atoms with E-state index in [-0.39, 0.29) is 0 Å². The van der Waals surface area contributed by atoms with Crippen molar-refractivity contribution in [2.75, 3.05) is 0 Å². The molecule has 7 nitrogen and oxygen atoms in total. The average molecular weight is 364 g/mol. The zero-order valence-corrected chi connectivity index (χ0v) is 15.1. The van der Waals surface area contributed by atoms with E-state index in [0.29, 0.717) is 23.3 Å². The fourth-order valence-electron chi connectivity index (χ4n) is 2.52. The zero-order valence-electron chi connectivity index (χ0n) is 14.3. The Morgan fingerprint density at radius 3 is 2.58 bits per heavy atom. The molecule has 0 aliphatic heterocycles. The second kappa shape index (κ2) is 7.09. The van der Waals surface area contributed by atoms with Gasteiger partial charge in [0.15, 0.2) is 5.82 Å². The second-order valence-electron chi connectivity index (χ2n) is 5.74. The van der Waals surface area contributed by atoms with Crippen molar-refractivity contribution >= 4 is 11.8 Å². The van der Waals surface area contributed by atoms with Crippen LogP contribution in [0.5, 0.6) is 0 Å². The van der Waals surface area contributed by atoms with Gasteiger partial charge in [0.05, 0.1) is 11.4 Å². The van der Waals surface area contributed by atoms with Crippen LogP contribution < -0.4 is 0 Å². The normalized spacial score (nSPS) is 11.0. The quantitative estimate of drug-likeness (QED) is 0.500. The van der Waals surface area contributed by atoms with Gasteiger partial charge in [0.1, 0.15) is 5.03 Å². The van der Waals surface area contributed by atoms with Crippen molar-refractivity contribution in [3.63, 3.8) is 0 Å². The maximum Gasteiger partial charge on any atom is 0.237 e. The standard InChI is InChI=1S/C18H16N6OS/c1-12-10-13(2)24(22-12)15-8-9-17(21-20-15)26-11-16-19-18(23-25-16)14-6-4-3-5-7-14/h3-10H,11H2,1-2H3. The van der Waals surface area contributed by atoms with Crippen molar-refractivity contribution in [1.29, 1.82) is 0 Å². The third kappa shape index (κ3) is 3.50. The molecule has 0 atom stereocenters. The topological polar surface area (TPSA) is 82.5 Å². The number of rotatable bonds is 5. The number of thioether (sulfide) groups is 1. The lowest BCUT2D eigenvalue weighted by atomic mass is 10.2. The van der Waals surface area contributed by atoms with Crippen LogP contribution in [-0.4, -0.2) is 30.1 Å². The first kappa shape index (κ1) is 16.5. The maximum atomic E-state index is 5.31. The summed E-state index contributed by atoms with van der Waals surface area (Å²) in [5.41, 5.74) is 2.91. The minimum absolute atomic E-state index is 0.535. The summed E-state index contributed by atoms with van der Waals surface area (Å²) in [4.78, 5) is 4.41. The van der Waals surface area contributed by atoms with Gasteiger partial charge in [-0.25, -0.2) is 4.68 Å². The molecule has 1 aromatic carbocycles. The summed E-state index contributed by atoms with van der Waals surface area (Å²) in [5, 5.41) is 17.7. The van der Waals surface area contributed by atoms with Gasteiger partial charge in [-0.05, 0) is 32.0 Å². The van der Waals surface area contributed by atoms with Crippen LogP contribution in [0.3, 0.4) is 0 Å². The summed E-state index contributed by atoms with van der Waals surface area (Å²) in [5.74, 6) is 2.38. The molecule has 26 heavy (non-hydrogen) atoms. The molecule has 3 heterocycles. The first-order chi connectivity index (χ1) is 12.7. The summed E-state index contributed by atoms with van der Waals surface area (Å²) in [7, 11) is 0. The molecule has 4 rings (SSSR count). The molecule has 0 radical (unpaired) electrons. The average Bonchev–Trinajstić information content (AvgIpc) is 3.27.